The molecule has 1 aliphatic heterocycles. The summed E-state index contributed by atoms with van der Waals surface area (Å²) in [7, 11) is 2.11. The van der Waals surface area contributed by atoms with Crippen molar-refractivity contribution in [1.82, 2.24) is 9.80 Å². The maximum atomic E-state index is 12.2. The van der Waals surface area contributed by atoms with Gasteiger partial charge in [-0.25, -0.2) is 0 Å². The minimum atomic E-state index is 0.0701. The van der Waals surface area contributed by atoms with Crippen LogP contribution in [0.2, 0.25) is 0 Å². The van der Waals surface area contributed by atoms with Crippen LogP contribution in [0.25, 0.3) is 11.0 Å². The number of benzene rings is 1. The van der Waals surface area contributed by atoms with Crippen molar-refractivity contribution in [1.29, 1.82) is 0 Å². The summed E-state index contributed by atoms with van der Waals surface area (Å²) in [6.45, 7) is 4.39. The van der Waals surface area contributed by atoms with Crippen LogP contribution in [0.3, 0.4) is 0 Å². The summed E-state index contributed by atoms with van der Waals surface area (Å²) in [6, 6.07) is 9.56. The molecule has 0 unspecified atom stereocenters. The van der Waals surface area contributed by atoms with E-state index in [0.717, 1.165) is 37.1 Å². The summed E-state index contributed by atoms with van der Waals surface area (Å²) in [4.78, 5) is 16.7. The minimum absolute atomic E-state index is 0.0701. The van der Waals surface area contributed by atoms with Crippen molar-refractivity contribution in [2.45, 2.75) is 0 Å². The Bertz CT molecular complexity index is 550. The van der Waals surface area contributed by atoms with Crippen LogP contribution in [0, 0.1) is 0 Å². The highest BCUT2D eigenvalue weighted by Crippen LogP contribution is 2.19. The first-order valence-corrected chi connectivity index (χ1v) is 6.65. The number of piperazine rings is 1. The van der Waals surface area contributed by atoms with Crippen molar-refractivity contribution in [2.24, 2.45) is 0 Å². The zero-order valence-corrected chi connectivity index (χ0v) is 11.1. The minimum Gasteiger partial charge on any atom is -0.453 e. The number of hydrogen-bond donors (Lipinski definition) is 0. The van der Waals surface area contributed by atoms with Gasteiger partial charge in [0.2, 0.25) is 5.78 Å². The third-order valence-corrected chi connectivity index (χ3v) is 3.66. The maximum absolute atomic E-state index is 12.2. The molecule has 0 spiro atoms. The second-order valence-corrected chi connectivity index (χ2v) is 5.15. The average Bonchev–Trinajstić information content (AvgIpc) is 2.85. The Morgan fingerprint density at radius 3 is 2.68 bits per heavy atom. The molecule has 1 fully saturated rings. The number of carbonyl (C=O) groups is 1. The Morgan fingerprint density at radius 1 is 1.21 bits per heavy atom. The molecule has 1 aromatic heterocycles. The Balaban J connectivity index is 1.70. The zero-order valence-electron chi connectivity index (χ0n) is 11.1. The van der Waals surface area contributed by atoms with Gasteiger partial charge in [0.25, 0.3) is 0 Å². The molecule has 19 heavy (non-hydrogen) atoms. The lowest BCUT2D eigenvalue weighted by Crippen LogP contribution is -2.46. The van der Waals surface area contributed by atoms with E-state index in [2.05, 4.69) is 16.8 Å². The molecule has 1 aromatic carbocycles. The van der Waals surface area contributed by atoms with Crippen molar-refractivity contribution in [3.05, 3.63) is 36.1 Å². The number of likely N-dealkylation sites (N-methyl/N-ethyl adjacent to an activating group) is 1. The van der Waals surface area contributed by atoms with Gasteiger partial charge in [0.1, 0.15) is 5.58 Å². The van der Waals surface area contributed by atoms with Gasteiger partial charge in [-0.05, 0) is 19.2 Å². The second kappa shape index (κ2) is 5.15. The summed E-state index contributed by atoms with van der Waals surface area (Å²) >= 11 is 0. The molecule has 0 bridgehead atoms. The Morgan fingerprint density at radius 2 is 1.95 bits per heavy atom. The van der Waals surface area contributed by atoms with E-state index in [1.165, 1.54) is 0 Å². The van der Waals surface area contributed by atoms with E-state index in [4.69, 9.17) is 4.42 Å². The van der Waals surface area contributed by atoms with Gasteiger partial charge < -0.3 is 9.32 Å². The van der Waals surface area contributed by atoms with Gasteiger partial charge in [0, 0.05) is 31.6 Å². The summed E-state index contributed by atoms with van der Waals surface area (Å²) in [5.74, 6) is 0.542. The third-order valence-electron chi connectivity index (χ3n) is 3.66. The molecule has 0 amide bonds. The van der Waals surface area contributed by atoms with E-state index < -0.39 is 0 Å². The average molecular weight is 258 g/mol. The lowest BCUT2D eigenvalue weighted by molar-refractivity contribution is 0.0852. The molecule has 4 heteroatoms. The van der Waals surface area contributed by atoms with Gasteiger partial charge in [-0.15, -0.1) is 0 Å². The molecule has 0 N–H and O–H groups in total. The Labute approximate surface area is 112 Å². The highest BCUT2D eigenvalue weighted by atomic mass is 16.3. The molecular formula is C15H18N2O2. The van der Waals surface area contributed by atoms with Gasteiger partial charge in [-0.1, -0.05) is 18.2 Å². The van der Waals surface area contributed by atoms with Crippen molar-refractivity contribution < 1.29 is 9.21 Å². The molecule has 2 heterocycles. The molecule has 0 aliphatic carbocycles. The number of nitrogens with zero attached hydrogens (tertiary/aromatic N) is 2. The van der Waals surface area contributed by atoms with Crippen LogP contribution in [0.1, 0.15) is 10.6 Å². The number of fused-ring (bicyclic) bond motifs is 1. The molecule has 2 aromatic rings. The summed E-state index contributed by atoms with van der Waals surface area (Å²) in [5.41, 5.74) is 0.782. The van der Waals surface area contributed by atoms with Crippen molar-refractivity contribution in [2.75, 3.05) is 39.8 Å². The van der Waals surface area contributed by atoms with E-state index in [1.807, 2.05) is 30.3 Å². The number of hydrogen-bond acceptors (Lipinski definition) is 4. The van der Waals surface area contributed by atoms with E-state index in [9.17, 15) is 4.79 Å². The molecule has 0 atom stereocenters. The summed E-state index contributed by atoms with van der Waals surface area (Å²) in [6.07, 6.45) is 0. The molecule has 3 rings (SSSR count). The highest BCUT2D eigenvalue weighted by molar-refractivity contribution is 5.98. The fourth-order valence-electron chi connectivity index (χ4n) is 2.41. The fraction of sp³-hybridized carbons (Fsp3) is 0.400. The lowest BCUT2D eigenvalue weighted by Gasteiger charge is -2.31. The number of rotatable bonds is 3. The lowest BCUT2D eigenvalue weighted by atomic mass is 10.2. The van der Waals surface area contributed by atoms with Crippen LogP contribution in [-0.4, -0.2) is 55.4 Å². The van der Waals surface area contributed by atoms with Crippen LogP contribution < -0.4 is 0 Å². The van der Waals surface area contributed by atoms with Crippen LogP contribution in [0.5, 0.6) is 0 Å². The van der Waals surface area contributed by atoms with E-state index in [0.29, 0.717) is 12.3 Å². The molecule has 0 saturated carbocycles. The van der Waals surface area contributed by atoms with E-state index in [-0.39, 0.29) is 5.78 Å². The second-order valence-electron chi connectivity index (χ2n) is 5.15. The topological polar surface area (TPSA) is 36.7 Å². The van der Waals surface area contributed by atoms with Gasteiger partial charge in [0.05, 0.1) is 6.54 Å². The highest BCUT2D eigenvalue weighted by Gasteiger charge is 2.19. The van der Waals surface area contributed by atoms with Gasteiger partial charge in [0.15, 0.2) is 5.76 Å². The van der Waals surface area contributed by atoms with Crippen molar-refractivity contribution in [3.63, 3.8) is 0 Å². The SMILES string of the molecule is CN1CCN(CC(=O)c2cc3ccccc3o2)CC1. The smallest absolute Gasteiger partial charge is 0.211 e. The summed E-state index contributed by atoms with van der Waals surface area (Å²) < 4.78 is 5.61. The van der Waals surface area contributed by atoms with E-state index >= 15 is 0 Å². The molecule has 0 radical (unpaired) electrons. The van der Waals surface area contributed by atoms with Crippen LogP contribution >= 0.6 is 0 Å². The fourth-order valence-corrected chi connectivity index (χ4v) is 2.41. The Kier molecular flexibility index (Phi) is 3.36. The number of carbonyl (C=O) groups excluding carboxylic acids is 1. The number of ketones is 1. The number of para-hydroxylation sites is 1. The maximum Gasteiger partial charge on any atom is 0.211 e. The van der Waals surface area contributed by atoms with Gasteiger partial charge in [-0.2, -0.15) is 0 Å². The molecule has 4 nitrogen and oxygen atoms in total. The summed E-state index contributed by atoms with van der Waals surface area (Å²) in [5, 5.41) is 0.990. The van der Waals surface area contributed by atoms with Crippen LogP contribution in [-0.2, 0) is 0 Å². The standard InChI is InChI=1S/C15H18N2O2/c1-16-6-8-17(9-7-16)11-13(18)15-10-12-4-2-3-5-14(12)19-15/h2-5,10H,6-9,11H2,1H3. The third kappa shape index (κ3) is 2.69. The Hall–Kier alpha value is -1.65. The van der Waals surface area contributed by atoms with Crippen LogP contribution in [0.15, 0.2) is 34.7 Å². The van der Waals surface area contributed by atoms with Gasteiger partial charge >= 0.3 is 0 Å². The largest absolute Gasteiger partial charge is 0.453 e. The first kappa shape index (κ1) is 12.4. The quantitative estimate of drug-likeness (QED) is 0.787. The molecule has 1 saturated heterocycles. The van der Waals surface area contributed by atoms with E-state index in [1.54, 1.807) is 0 Å². The first-order chi connectivity index (χ1) is 9.22. The normalized spacial score (nSPS) is 17.9. The molecular weight excluding hydrogens is 240 g/mol. The molecule has 1 aliphatic rings. The predicted octanol–water partition coefficient (Wildman–Crippen LogP) is 1.86. The van der Waals surface area contributed by atoms with Crippen molar-refractivity contribution >= 4 is 16.8 Å². The first-order valence-electron chi connectivity index (χ1n) is 6.65. The zero-order chi connectivity index (χ0) is 13.2. The monoisotopic (exact) mass is 258 g/mol. The predicted molar refractivity (Wildman–Crippen MR) is 74.5 cm³/mol. The van der Waals surface area contributed by atoms with Gasteiger partial charge in [-0.3, -0.25) is 9.69 Å². The van der Waals surface area contributed by atoms with Crippen molar-refractivity contribution in [3.8, 4) is 0 Å². The molecule has 100 valence electrons. The number of Topliss-reactive ketones (excluding diaryl/α,β-unsaturated/α-hetero) is 1. The van der Waals surface area contributed by atoms with Crippen LogP contribution in [0.4, 0.5) is 0 Å². The number of furan rings is 1.